The summed E-state index contributed by atoms with van der Waals surface area (Å²) in [7, 11) is 0. The van der Waals surface area contributed by atoms with Crippen molar-refractivity contribution in [2.75, 3.05) is 6.54 Å². The number of rotatable bonds is 1. The number of hydrogen-bond acceptors (Lipinski definition) is 2. The quantitative estimate of drug-likeness (QED) is 0.664. The predicted molar refractivity (Wildman–Crippen MR) is 54.7 cm³/mol. The summed E-state index contributed by atoms with van der Waals surface area (Å²) in [6, 6.07) is 6.91. The third-order valence-electron chi connectivity index (χ3n) is 2.19. The molecule has 14 heavy (non-hydrogen) atoms. The van der Waals surface area contributed by atoms with E-state index in [0.717, 1.165) is 0 Å². The number of imide groups is 1. The first-order chi connectivity index (χ1) is 6.25. The van der Waals surface area contributed by atoms with Gasteiger partial charge in [0.2, 0.25) is 0 Å². The highest BCUT2D eigenvalue weighted by Gasteiger charge is 2.33. The number of benzene rings is 1. The molecule has 0 bridgehead atoms. The van der Waals surface area contributed by atoms with Crippen LogP contribution >= 0.6 is 12.4 Å². The van der Waals surface area contributed by atoms with Crippen LogP contribution < -0.4 is 0 Å². The van der Waals surface area contributed by atoms with Gasteiger partial charge in [0.15, 0.2) is 0 Å². The first-order valence-corrected chi connectivity index (χ1v) is 4.21. The van der Waals surface area contributed by atoms with Gasteiger partial charge in [-0.15, -0.1) is 12.4 Å². The van der Waals surface area contributed by atoms with Gasteiger partial charge in [0.05, 0.1) is 11.1 Å². The van der Waals surface area contributed by atoms with E-state index in [1.807, 2.05) is 0 Å². The lowest BCUT2D eigenvalue weighted by atomic mass is 10.1. The largest absolute Gasteiger partial charge is 0.275 e. The van der Waals surface area contributed by atoms with E-state index in [9.17, 15) is 9.59 Å². The molecular weight excluding hydrogens is 202 g/mol. The summed E-state index contributed by atoms with van der Waals surface area (Å²) in [5.74, 6) is -0.355. The van der Waals surface area contributed by atoms with Crippen LogP contribution in [0.3, 0.4) is 0 Å². The Labute approximate surface area is 88.1 Å². The predicted octanol–water partition coefficient (Wildman–Crippen LogP) is 1.72. The minimum absolute atomic E-state index is 0. The van der Waals surface area contributed by atoms with Crippen molar-refractivity contribution in [3.63, 3.8) is 0 Å². The Morgan fingerprint density at radius 1 is 1.07 bits per heavy atom. The molecule has 0 aromatic heterocycles. The fourth-order valence-electron chi connectivity index (χ4n) is 1.53. The Balaban J connectivity index is 0.000000980. The van der Waals surface area contributed by atoms with Gasteiger partial charge in [-0.3, -0.25) is 14.5 Å². The third-order valence-corrected chi connectivity index (χ3v) is 2.19. The molecule has 0 fully saturated rings. The molecule has 0 saturated carbocycles. The zero-order chi connectivity index (χ0) is 9.42. The summed E-state index contributed by atoms with van der Waals surface area (Å²) in [5, 5.41) is 0. The maximum Gasteiger partial charge on any atom is 0.261 e. The van der Waals surface area contributed by atoms with Crippen LogP contribution in [-0.2, 0) is 0 Å². The van der Waals surface area contributed by atoms with E-state index < -0.39 is 0 Å². The van der Waals surface area contributed by atoms with E-state index in [-0.39, 0.29) is 24.2 Å². The van der Waals surface area contributed by atoms with Crippen molar-refractivity contribution >= 4 is 24.2 Å². The molecule has 2 rings (SSSR count). The summed E-state index contributed by atoms with van der Waals surface area (Å²) in [6.45, 7) is 2.23. The summed E-state index contributed by atoms with van der Waals surface area (Å²) in [5.41, 5.74) is 1.05. The molecular formula is C10H10ClNO2. The fourth-order valence-corrected chi connectivity index (χ4v) is 1.53. The number of halogens is 1. The van der Waals surface area contributed by atoms with Gasteiger partial charge in [0.1, 0.15) is 0 Å². The molecule has 0 spiro atoms. The summed E-state index contributed by atoms with van der Waals surface area (Å²) in [6.07, 6.45) is 0. The van der Waals surface area contributed by atoms with Crippen molar-refractivity contribution in [1.82, 2.24) is 4.90 Å². The summed E-state index contributed by atoms with van der Waals surface area (Å²) < 4.78 is 0. The van der Waals surface area contributed by atoms with Crippen LogP contribution in [0.5, 0.6) is 0 Å². The van der Waals surface area contributed by atoms with Crippen LogP contribution in [0.4, 0.5) is 0 Å². The summed E-state index contributed by atoms with van der Waals surface area (Å²) >= 11 is 0. The van der Waals surface area contributed by atoms with Gasteiger partial charge in [0, 0.05) is 6.54 Å². The molecule has 1 aromatic carbocycles. The maximum absolute atomic E-state index is 11.5. The van der Waals surface area contributed by atoms with Gasteiger partial charge in [0.25, 0.3) is 11.8 Å². The van der Waals surface area contributed by atoms with Crippen LogP contribution in [0, 0.1) is 0 Å². The fraction of sp³-hybridized carbons (Fsp3) is 0.200. The SMILES string of the molecule is CCN1C(=O)c2ccccc2C1=O.Cl. The van der Waals surface area contributed by atoms with Crippen LogP contribution in [0.2, 0.25) is 0 Å². The van der Waals surface area contributed by atoms with Crippen LogP contribution in [-0.4, -0.2) is 23.3 Å². The van der Waals surface area contributed by atoms with E-state index in [1.54, 1.807) is 31.2 Å². The molecule has 1 aromatic rings. The lowest BCUT2D eigenvalue weighted by Crippen LogP contribution is -2.29. The molecule has 0 unspecified atom stereocenters. The highest BCUT2D eigenvalue weighted by molar-refractivity contribution is 6.21. The van der Waals surface area contributed by atoms with Gasteiger partial charge >= 0.3 is 0 Å². The monoisotopic (exact) mass is 211 g/mol. The Morgan fingerprint density at radius 3 is 1.86 bits per heavy atom. The number of nitrogens with zero attached hydrogens (tertiary/aromatic N) is 1. The summed E-state index contributed by atoms with van der Waals surface area (Å²) in [4.78, 5) is 24.3. The lowest BCUT2D eigenvalue weighted by molar-refractivity contribution is 0.0663. The van der Waals surface area contributed by atoms with Crippen molar-refractivity contribution in [1.29, 1.82) is 0 Å². The third kappa shape index (κ3) is 1.30. The van der Waals surface area contributed by atoms with Crippen molar-refractivity contribution in [2.24, 2.45) is 0 Å². The van der Waals surface area contributed by atoms with Gasteiger partial charge in [-0.1, -0.05) is 12.1 Å². The second-order valence-electron chi connectivity index (χ2n) is 2.90. The van der Waals surface area contributed by atoms with E-state index in [0.29, 0.717) is 17.7 Å². The smallest absolute Gasteiger partial charge is 0.261 e. The van der Waals surface area contributed by atoms with Crippen LogP contribution in [0.15, 0.2) is 24.3 Å². The topological polar surface area (TPSA) is 37.4 Å². The van der Waals surface area contributed by atoms with E-state index in [1.165, 1.54) is 4.90 Å². The van der Waals surface area contributed by atoms with Crippen LogP contribution in [0.1, 0.15) is 27.6 Å². The zero-order valence-corrected chi connectivity index (χ0v) is 8.50. The van der Waals surface area contributed by atoms with E-state index in [2.05, 4.69) is 0 Å². The molecule has 74 valence electrons. The Hall–Kier alpha value is -1.35. The molecule has 1 heterocycles. The van der Waals surface area contributed by atoms with Gasteiger partial charge < -0.3 is 0 Å². The number of fused-ring (bicyclic) bond motifs is 1. The number of hydrogen-bond donors (Lipinski definition) is 0. The number of carbonyl (C=O) groups is 2. The molecule has 0 aliphatic carbocycles. The number of amides is 2. The minimum atomic E-state index is -0.178. The first-order valence-electron chi connectivity index (χ1n) is 4.21. The average Bonchev–Trinajstić information content (AvgIpc) is 2.41. The highest BCUT2D eigenvalue weighted by atomic mass is 35.5. The van der Waals surface area contributed by atoms with E-state index in [4.69, 9.17) is 0 Å². The maximum atomic E-state index is 11.5. The van der Waals surface area contributed by atoms with Crippen molar-refractivity contribution < 1.29 is 9.59 Å². The zero-order valence-electron chi connectivity index (χ0n) is 7.69. The van der Waals surface area contributed by atoms with Gasteiger partial charge in [-0.05, 0) is 19.1 Å². The first kappa shape index (κ1) is 10.7. The second-order valence-corrected chi connectivity index (χ2v) is 2.90. The van der Waals surface area contributed by atoms with Crippen molar-refractivity contribution in [3.8, 4) is 0 Å². The molecule has 0 saturated heterocycles. The molecule has 3 nitrogen and oxygen atoms in total. The van der Waals surface area contributed by atoms with Gasteiger partial charge in [-0.2, -0.15) is 0 Å². The Bertz CT molecular complexity index is 354. The highest BCUT2D eigenvalue weighted by Crippen LogP contribution is 2.21. The molecule has 0 radical (unpaired) electrons. The minimum Gasteiger partial charge on any atom is -0.275 e. The molecule has 2 amide bonds. The lowest BCUT2D eigenvalue weighted by Gasteiger charge is -2.08. The standard InChI is InChI=1S/C10H9NO2.ClH/c1-2-11-9(12)7-5-3-4-6-8(7)10(11)13;/h3-6H,2H2,1H3;1H. The Kier molecular flexibility index (Phi) is 2.91. The van der Waals surface area contributed by atoms with Crippen molar-refractivity contribution in [2.45, 2.75) is 6.92 Å². The molecule has 1 aliphatic rings. The normalized spacial score (nSPS) is 13.9. The molecule has 4 heteroatoms. The molecule has 0 N–H and O–H groups in total. The average molecular weight is 212 g/mol. The number of carbonyl (C=O) groups excluding carboxylic acids is 2. The second kappa shape index (κ2) is 3.80. The molecule has 0 atom stereocenters. The van der Waals surface area contributed by atoms with E-state index >= 15 is 0 Å². The van der Waals surface area contributed by atoms with Gasteiger partial charge in [-0.25, -0.2) is 0 Å². The Morgan fingerprint density at radius 2 is 1.50 bits per heavy atom. The molecule has 1 aliphatic heterocycles. The van der Waals surface area contributed by atoms with Crippen molar-refractivity contribution in [3.05, 3.63) is 35.4 Å². The van der Waals surface area contributed by atoms with Crippen LogP contribution in [0.25, 0.3) is 0 Å².